The summed E-state index contributed by atoms with van der Waals surface area (Å²) in [6.07, 6.45) is 3.04. The molecule has 2 heterocycles. The molecule has 1 saturated heterocycles. The van der Waals surface area contributed by atoms with Gasteiger partial charge in [-0.25, -0.2) is 0 Å². The van der Waals surface area contributed by atoms with Crippen molar-refractivity contribution in [3.05, 3.63) is 65.2 Å². The third-order valence-electron chi connectivity index (χ3n) is 5.10. The maximum Gasteiger partial charge on any atom is 0.240 e. The Morgan fingerprint density at radius 3 is 2.68 bits per heavy atom. The van der Waals surface area contributed by atoms with Crippen LogP contribution in [0.3, 0.4) is 0 Å². The van der Waals surface area contributed by atoms with Gasteiger partial charge in [-0.3, -0.25) is 4.79 Å². The lowest BCUT2D eigenvalue weighted by Gasteiger charge is -2.29. The van der Waals surface area contributed by atoms with Crippen molar-refractivity contribution >= 4 is 5.91 Å². The van der Waals surface area contributed by atoms with E-state index in [4.69, 9.17) is 4.74 Å². The highest BCUT2D eigenvalue weighted by atomic mass is 16.5. The molecule has 0 saturated carbocycles. The molecule has 1 amide bonds. The van der Waals surface area contributed by atoms with Crippen molar-refractivity contribution in [2.24, 2.45) is 0 Å². The molecule has 2 aliphatic heterocycles. The Kier molecular flexibility index (Phi) is 4.70. The minimum atomic E-state index is -0.0818. The van der Waals surface area contributed by atoms with Gasteiger partial charge in [0.25, 0.3) is 0 Å². The highest BCUT2D eigenvalue weighted by Gasteiger charge is 2.29. The maximum atomic E-state index is 12.6. The number of hydrogen-bond donors (Lipinski definition) is 1. The minimum absolute atomic E-state index is 0.0818. The van der Waals surface area contributed by atoms with Crippen LogP contribution in [-0.4, -0.2) is 29.9 Å². The van der Waals surface area contributed by atoms with E-state index in [0.29, 0.717) is 6.61 Å². The zero-order valence-corrected chi connectivity index (χ0v) is 14.4. The molecular formula is C21H24N2O2. The Labute approximate surface area is 148 Å². The summed E-state index contributed by atoms with van der Waals surface area (Å²) >= 11 is 0. The number of ether oxygens (including phenoxy) is 1. The summed E-state index contributed by atoms with van der Waals surface area (Å²) < 4.78 is 5.91. The largest absolute Gasteiger partial charge is 0.489 e. The van der Waals surface area contributed by atoms with E-state index in [2.05, 4.69) is 29.6 Å². The Balaban J connectivity index is 1.39. The van der Waals surface area contributed by atoms with E-state index in [1.807, 2.05) is 29.2 Å². The molecule has 4 heteroatoms. The standard InChI is InChI=1S/C21H24N2O2/c24-21(23-10-4-5-11-23)20-13-17-8-9-19(12-18(17)14-22-20)25-15-16-6-2-1-3-7-16/h1-3,6-9,12,20,22H,4-5,10-11,13-15H2. The topological polar surface area (TPSA) is 41.6 Å². The first-order valence-corrected chi connectivity index (χ1v) is 9.10. The maximum absolute atomic E-state index is 12.6. The van der Waals surface area contributed by atoms with Gasteiger partial charge in [0.1, 0.15) is 12.4 Å². The fraction of sp³-hybridized carbons (Fsp3) is 0.381. The molecule has 4 rings (SSSR count). The van der Waals surface area contributed by atoms with Gasteiger partial charge in [0.2, 0.25) is 5.91 Å². The number of rotatable bonds is 4. The highest BCUT2D eigenvalue weighted by molar-refractivity contribution is 5.82. The lowest BCUT2D eigenvalue weighted by molar-refractivity contribution is -0.132. The van der Waals surface area contributed by atoms with Crippen LogP contribution in [-0.2, 0) is 24.4 Å². The molecular weight excluding hydrogens is 312 g/mol. The molecule has 1 unspecified atom stereocenters. The number of benzene rings is 2. The summed E-state index contributed by atoms with van der Waals surface area (Å²) in [5.41, 5.74) is 3.65. The average molecular weight is 336 g/mol. The first-order valence-electron chi connectivity index (χ1n) is 9.10. The highest BCUT2D eigenvalue weighted by Crippen LogP contribution is 2.24. The number of carbonyl (C=O) groups is 1. The Morgan fingerprint density at radius 1 is 1.08 bits per heavy atom. The Hall–Kier alpha value is -2.33. The second-order valence-corrected chi connectivity index (χ2v) is 6.87. The molecule has 2 aliphatic rings. The molecule has 4 nitrogen and oxygen atoms in total. The lowest BCUT2D eigenvalue weighted by atomic mass is 9.95. The number of fused-ring (bicyclic) bond motifs is 1. The first-order chi connectivity index (χ1) is 12.3. The van der Waals surface area contributed by atoms with E-state index in [9.17, 15) is 4.79 Å². The zero-order chi connectivity index (χ0) is 17.1. The van der Waals surface area contributed by atoms with Crippen molar-refractivity contribution in [1.82, 2.24) is 10.2 Å². The average Bonchev–Trinajstić information content (AvgIpc) is 3.21. The molecule has 0 bridgehead atoms. The van der Waals surface area contributed by atoms with Crippen molar-refractivity contribution in [2.75, 3.05) is 13.1 Å². The van der Waals surface area contributed by atoms with Gasteiger partial charge in [0.15, 0.2) is 0 Å². The normalized spacial score (nSPS) is 19.5. The molecule has 2 aromatic rings. The van der Waals surface area contributed by atoms with E-state index in [-0.39, 0.29) is 11.9 Å². The number of carbonyl (C=O) groups excluding carboxylic acids is 1. The van der Waals surface area contributed by atoms with E-state index < -0.39 is 0 Å². The van der Waals surface area contributed by atoms with Crippen LogP contribution < -0.4 is 10.1 Å². The van der Waals surface area contributed by atoms with Crippen molar-refractivity contribution < 1.29 is 9.53 Å². The van der Waals surface area contributed by atoms with Crippen LogP contribution in [0.5, 0.6) is 5.75 Å². The molecule has 1 fully saturated rings. The number of amides is 1. The van der Waals surface area contributed by atoms with Crippen molar-refractivity contribution in [3.63, 3.8) is 0 Å². The van der Waals surface area contributed by atoms with E-state index >= 15 is 0 Å². The summed E-state index contributed by atoms with van der Waals surface area (Å²) in [6.45, 7) is 3.12. The van der Waals surface area contributed by atoms with Crippen molar-refractivity contribution in [2.45, 2.75) is 38.5 Å². The Bertz CT molecular complexity index is 739. The van der Waals surface area contributed by atoms with Crippen molar-refractivity contribution in [3.8, 4) is 5.75 Å². The van der Waals surface area contributed by atoms with Gasteiger partial charge in [-0.05, 0) is 48.1 Å². The fourth-order valence-corrected chi connectivity index (χ4v) is 3.65. The lowest BCUT2D eigenvalue weighted by Crippen LogP contribution is -2.48. The third kappa shape index (κ3) is 3.69. The van der Waals surface area contributed by atoms with Crippen LogP contribution in [0.15, 0.2) is 48.5 Å². The van der Waals surface area contributed by atoms with Crippen LogP contribution in [0.25, 0.3) is 0 Å². The number of hydrogen-bond acceptors (Lipinski definition) is 3. The smallest absolute Gasteiger partial charge is 0.240 e. The summed E-state index contributed by atoms with van der Waals surface area (Å²) in [6, 6.07) is 16.3. The van der Waals surface area contributed by atoms with Crippen LogP contribution in [0.1, 0.15) is 29.5 Å². The van der Waals surface area contributed by atoms with Crippen LogP contribution in [0, 0.1) is 0 Å². The third-order valence-corrected chi connectivity index (χ3v) is 5.10. The molecule has 130 valence electrons. The number of nitrogens with one attached hydrogen (secondary N) is 1. The van der Waals surface area contributed by atoms with E-state index in [1.54, 1.807) is 0 Å². The van der Waals surface area contributed by atoms with Crippen molar-refractivity contribution in [1.29, 1.82) is 0 Å². The monoisotopic (exact) mass is 336 g/mol. The van der Waals surface area contributed by atoms with Gasteiger partial charge in [-0.15, -0.1) is 0 Å². The van der Waals surface area contributed by atoms with Gasteiger partial charge in [-0.2, -0.15) is 0 Å². The van der Waals surface area contributed by atoms with Crippen LogP contribution >= 0.6 is 0 Å². The van der Waals surface area contributed by atoms with Crippen LogP contribution in [0.4, 0.5) is 0 Å². The quantitative estimate of drug-likeness (QED) is 0.933. The summed E-state index contributed by atoms with van der Waals surface area (Å²) in [5, 5.41) is 3.41. The molecule has 0 aromatic heterocycles. The van der Waals surface area contributed by atoms with Crippen LogP contribution in [0.2, 0.25) is 0 Å². The molecule has 0 spiro atoms. The molecule has 0 aliphatic carbocycles. The van der Waals surface area contributed by atoms with E-state index in [0.717, 1.165) is 50.2 Å². The van der Waals surface area contributed by atoms with Gasteiger partial charge in [0.05, 0.1) is 6.04 Å². The predicted octanol–water partition coefficient (Wildman–Crippen LogP) is 2.90. The second-order valence-electron chi connectivity index (χ2n) is 6.87. The first kappa shape index (κ1) is 16.2. The summed E-state index contributed by atoms with van der Waals surface area (Å²) in [7, 11) is 0. The fourth-order valence-electron chi connectivity index (χ4n) is 3.65. The van der Waals surface area contributed by atoms with Gasteiger partial charge in [-0.1, -0.05) is 36.4 Å². The predicted molar refractivity (Wildman–Crippen MR) is 97.4 cm³/mol. The van der Waals surface area contributed by atoms with Gasteiger partial charge in [0, 0.05) is 19.6 Å². The number of likely N-dealkylation sites (tertiary alicyclic amines) is 1. The molecule has 1 atom stereocenters. The van der Waals surface area contributed by atoms with Gasteiger partial charge < -0.3 is 15.0 Å². The van der Waals surface area contributed by atoms with Gasteiger partial charge >= 0.3 is 0 Å². The summed E-state index contributed by atoms with van der Waals surface area (Å²) in [5.74, 6) is 1.14. The number of nitrogens with zero attached hydrogens (tertiary/aromatic N) is 1. The molecule has 1 N–H and O–H groups in total. The zero-order valence-electron chi connectivity index (χ0n) is 14.4. The molecule has 25 heavy (non-hydrogen) atoms. The SMILES string of the molecule is O=C(C1Cc2ccc(OCc3ccccc3)cc2CN1)N1CCCC1. The Morgan fingerprint density at radius 2 is 1.88 bits per heavy atom. The molecule has 2 aromatic carbocycles. The van der Waals surface area contributed by atoms with E-state index in [1.165, 1.54) is 11.1 Å². The summed E-state index contributed by atoms with van der Waals surface area (Å²) in [4.78, 5) is 14.6. The molecule has 0 radical (unpaired) electrons. The minimum Gasteiger partial charge on any atom is -0.489 e. The second kappa shape index (κ2) is 7.28.